The first-order valence-electron chi connectivity index (χ1n) is 5.98. The Morgan fingerprint density at radius 2 is 1.79 bits per heavy atom. The molecule has 0 radical (unpaired) electrons. The van der Waals surface area contributed by atoms with E-state index in [0.717, 1.165) is 13.1 Å². The molecule has 14 heavy (non-hydrogen) atoms. The fourth-order valence-corrected chi connectivity index (χ4v) is 2.29. The predicted octanol–water partition coefficient (Wildman–Crippen LogP) is 2.62. The zero-order chi connectivity index (χ0) is 11.2. The van der Waals surface area contributed by atoms with Crippen molar-refractivity contribution in [2.45, 2.75) is 65.5 Å². The number of nitrogens with two attached hydrogens (primary N) is 1. The molecule has 0 spiro atoms. The van der Waals surface area contributed by atoms with E-state index in [4.69, 9.17) is 5.73 Å². The second-order valence-corrected chi connectivity index (χ2v) is 4.74. The highest BCUT2D eigenvalue weighted by atomic mass is 15.2. The Bertz CT molecular complexity index is 145. The maximum absolute atomic E-state index is 5.92. The lowest BCUT2D eigenvalue weighted by Crippen LogP contribution is -2.54. The van der Waals surface area contributed by atoms with Crippen LogP contribution in [-0.2, 0) is 0 Å². The van der Waals surface area contributed by atoms with Crippen LogP contribution in [0.2, 0.25) is 0 Å². The number of nitrogens with zero attached hydrogens (tertiary/aromatic N) is 1. The summed E-state index contributed by atoms with van der Waals surface area (Å²) in [6.45, 7) is 13.2. The molecule has 0 bridgehead atoms. The van der Waals surface area contributed by atoms with Gasteiger partial charge in [0.2, 0.25) is 0 Å². The van der Waals surface area contributed by atoms with Gasteiger partial charge < -0.3 is 5.73 Å². The lowest BCUT2D eigenvalue weighted by molar-refractivity contribution is 0.0678. The second kappa shape index (κ2) is 6.41. The molecule has 0 aliphatic rings. The number of rotatable bonds is 7. The number of hydrogen-bond acceptors (Lipinski definition) is 2. The lowest BCUT2D eigenvalue weighted by Gasteiger charge is -2.43. The van der Waals surface area contributed by atoms with Crippen LogP contribution in [-0.4, -0.2) is 29.6 Å². The largest absolute Gasteiger partial charge is 0.329 e. The zero-order valence-electron chi connectivity index (χ0n) is 10.6. The van der Waals surface area contributed by atoms with E-state index in [1.54, 1.807) is 0 Å². The van der Waals surface area contributed by atoms with Crippen LogP contribution in [0.25, 0.3) is 0 Å². The van der Waals surface area contributed by atoms with E-state index in [0.29, 0.717) is 6.04 Å². The van der Waals surface area contributed by atoms with Crippen molar-refractivity contribution in [3.8, 4) is 0 Å². The highest BCUT2D eigenvalue weighted by molar-refractivity contribution is 4.88. The summed E-state index contributed by atoms with van der Waals surface area (Å²) < 4.78 is 0. The van der Waals surface area contributed by atoms with Crippen molar-refractivity contribution in [1.82, 2.24) is 4.90 Å². The van der Waals surface area contributed by atoms with Gasteiger partial charge in [0.05, 0.1) is 0 Å². The van der Waals surface area contributed by atoms with Crippen molar-refractivity contribution in [3.63, 3.8) is 0 Å². The molecule has 0 aliphatic carbocycles. The molecule has 0 fully saturated rings. The Hall–Kier alpha value is -0.0800. The van der Waals surface area contributed by atoms with Gasteiger partial charge in [-0.1, -0.05) is 20.3 Å². The third kappa shape index (κ3) is 3.58. The first-order chi connectivity index (χ1) is 6.51. The quantitative estimate of drug-likeness (QED) is 0.684. The van der Waals surface area contributed by atoms with Gasteiger partial charge in [0.1, 0.15) is 0 Å². The van der Waals surface area contributed by atoms with E-state index < -0.39 is 0 Å². The first-order valence-corrected chi connectivity index (χ1v) is 5.98. The Kier molecular flexibility index (Phi) is 6.38. The van der Waals surface area contributed by atoms with Gasteiger partial charge in [-0.3, -0.25) is 4.90 Å². The molecule has 2 heteroatoms. The van der Waals surface area contributed by atoms with E-state index in [-0.39, 0.29) is 5.54 Å². The third-order valence-electron chi connectivity index (χ3n) is 3.01. The SMILES string of the molecule is CCCN(C(C)C)C(C)(CN)CCC. The van der Waals surface area contributed by atoms with Crippen molar-refractivity contribution in [1.29, 1.82) is 0 Å². The third-order valence-corrected chi connectivity index (χ3v) is 3.01. The van der Waals surface area contributed by atoms with E-state index in [9.17, 15) is 0 Å². The highest BCUT2D eigenvalue weighted by Crippen LogP contribution is 2.22. The van der Waals surface area contributed by atoms with E-state index in [2.05, 4.69) is 39.5 Å². The van der Waals surface area contributed by atoms with Gasteiger partial charge in [0, 0.05) is 18.1 Å². The molecular weight excluding hydrogens is 172 g/mol. The average Bonchev–Trinajstić information content (AvgIpc) is 2.14. The molecule has 2 N–H and O–H groups in total. The van der Waals surface area contributed by atoms with Crippen molar-refractivity contribution in [3.05, 3.63) is 0 Å². The summed E-state index contributed by atoms with van der Waals surface area (Å²) in [7, 11) is 0. The predicted molar refractivity (Wildman–Crippen MR) is 64.5 cm³/mol. The fraction of sp³-hybridized carbons (Fsp3) is 1.00. The standard InChI is InChI=1S/C12H28N2/c1-6-8-12(5,10-13)14(9-7-2)11(3)4/h11H,6-10,13H2,1-5H3. The van der Waals surface area contributed by atoms with E-state index in [1.165, 1.54) is 19.3 Å². The van der Waals surface area contributed by atoms with Gasteiger partial charge in [-0.15, -0.1) is 0 Å². The maximum atomic E-state index is 5.92. The van der Waals surface area contributed by atoms with Gasteiger partial charge in [0.25, 0.3) is 0 Å². The van der Waals surface area contributed by atoms with Crippen LogP contribution in [0.3, 0.4) is 0 Å². The van der Waals surface area contributed by atoms with Crippen molar-refractivity contribution >= 4 is 0 Å². The van der Waals surface area contributed by atoms with Crippen molar-refractivity contribution < 1.29 is 0 Å². The van der Waals surface area contributed by atoms with E-state index >= 15 is 0 Å². The van der Waals surface area contributed by atoms with Crippen LogP contribution in [0.5, 0.6) is 0 Å². The van der Waals surface area contributed by atoms with Crippen LogP contribution >= 0.6 is 0 Å². The molecule has 0 amide bonds. The van der Waals surface area contributed by atoms with Crippen LogP contribution in [0.4, 0.5) is 0 Å². The highest BCUT2D eigenvalue weighted by Gasteiger charge is 2.30. The van der Waals surface area contributed by atoms with Crippen molar-refractivity contribution in [2.24, 2.45) is 5.73 Å². The number of hydrogen-bond donors (Lipinski definition) is 1. The minimum atomic E-state index is 0.193. The lowest BCUT2D eigenvalue weighted by atomic mass is 9.92. The summed E-state index contributed by atoms with van der Waals surface area (Å²) in [6, 6.07) is 0.593. The Labute approximate surface area is 89.9 Å². The van der Waals surface area contributed by atoms with Gasteiger partial charge in [0.15, 0.2) is 0 Å². The average molecular weight is 200 g/mol. The topological polar surface area (TPSA) is 29.3 Å². The molecule has 0 aromatic rings. The summed E-state index contributed by atoms with van der Waals surface area (Å²) in [5.41, 5.74) is 6.11. The Balaban J connectivity index is 4.55. The minimum Gasteiger partial charge on any atom is -0.329 e. The molecule has 0 rings (SSSR count). The van der Waals surface area contributed by atoms with Crippen LogP contribution in [0.1, 0.15) is 53.9 Å². The minimum absolute atomic E-state index is 0.193. The molecule has 0 saturated carbocycles. The summed E-state index contributed by atoms with van der Waals surface area (Å²) in [4.78, 5) is 2.55. The smallest absolute Gasteiger partial charge is 0.0306 e. The normalized spacial score (nSPS) is 16.3. The summed E-state index contributed by atoms with van der Waals surface area (Å²) in [6.07, 6.45) is 3.61. The Morgan fingerprint density at radius 3 is 2.07 bits per heavy atom. The summed E-state index contributed by atoms with van der Waals surface area (Å²) in [5, 5.41) is 0. The Morgan fingerprint density at radius 1 is 1.21 bits per heavy atom. The first kappa shape index (κ1) is 13.9. The second-order valence-electron chi connectivity index (χ2n) is 4.74. The van der Waals surface area contributed by atoms with Crippen LogP contribution < -0.4 is 5.73 Å². The molecule has 86 valence electrons. The molecule has 0 aliphatic heterocycles. The molecule has 2 nitrogen and oxygen atoms in total. The fourth-order valence-electron chi connectivity index (χ4n) is 2.29. The molecule has 0 heterocycles. The van der Waals surface area contributed by atoms with Gasteiger partial charge >= 0.3 is 0 Å². The van der Waals surface area contributed by atoms with E-state index in [1.807, 2.05) is 0 Å². The van der Waals surface area contributed by atoms with Crippen LogP contribution in [0, 0.1) is 0 Å². The summed E-state index contributed by atoms with van der Waals surface area (Å²) >= 11 is 0. The van der Waals surface area contributed by atoms with Crippen molar-refractivity contribution in [2.75, 3.05) is 13.1 Å². The van der Waals surface area contributed by atoms with Gasteiger partial charge in [-0.25, -0.2) is 0 Å². The molecule has 1 unspecified atom stereocenters. The maximum Gasteiger partial charge on any atom is 0.0306 e. The molecule has 1 atom stereocenters. The molecule has 0 aromatic carbocycles. The molecule has 0 aromatic heterocycles. The zero-order valence-corrected chi connectivity index (χ0v) is 10.6. The monoisotopic (exact) mass is 200 g/mol. The van der Waals surface area contributed by atoms with Gasteiger partial charge in [-0.05, 0) is 40.2 Å². The van der Waals surface area contributed by atoms with Crippen LogP contribution in [0.15, 0.2) is 0 Å². The molecule has 0 saturated heterocycles. The molecular formula is C12H28N2. The van der Waals surface area contributed by atoms with Gasteiger partial charge in [-0.2, -0.15) is 0 Å². The summed E-state index contributed by atoms with van der Waals surface area (Å²) in [5.74, 6) is 0.